The summed E-state index contributed by atoms with van der Waals surface area (Å²) in [5.41, 5.74) is 4.27. The highest BCUT2D eigenvalue weighted by molar-refractivity contribution is 5.88. The van der Waals surface area contributed by atoms with Crippen LogP contribution in [0.3, 0.4) is 0 Å². The van der Waals surface area contributed by atoms with Crippen molar-refractivity contribution < 1.29 is 4.79 Å². The molecule has 0 radical (unpaired) electrons. The Hall–Kier alpha value is -1.81. The molecule has 4 heteroatoms. The van der Waals surface area contributed by atoms with Crippen molar-refractivity contribution in [2.45, 2.75) is 38.1 Å². The van der Waals surface area contributed by atoms with Crippen LogP contribution in [0.4, 0.5) is 0 Å². The Labute approximate surface area is 137 Å². The summed E-state index contributed by atoms with van der Waals surface area (Å²) in [4.78, 5) is 17.1. The fourth-order valence-corrected chi connectivity index (χ4v) is 4.72. The summed E-state index contributed by atoms with van der Waals surface area (Å²) in [7, 11) is 2.26. The van der Waals surface area contributed by atoms with Crippen LogP contribution in [-0.4, -0.2) is 42.0 Å². The van der Waals surface area contributed by atoms with Crippen LogP contribution in [0.25, 0.3) is 10.9 Å². The van der Waals surface area contributed by atoms with Crippen LogP contribution < -0.4 is 5.32 Å². The molecule has 23 heavy (non-hydrogen) atoms. The average molecular weight is 311 g/mol. The van der Waals surface area contributed by atoms with E-state index in [9.17, 15) is 4.79 Å². The summed E-state index contributed by atoms with van der Waals surface area (Å²) in [5, 5.41) is 4.41. The summed E-state index contributed by atoms with van der Waals surface area (Å²) in [5.74, 6) is 1.35. The molecule has 0 saturated carbocycles. The second-order valence-corrected chi connectivity index (χ2v) is 7.27. The predicted molar refractivity (Wildman–Crippen MR) is 92.6 cm³/mol. The molecule has 3 atom stereocenters. The van der Waals surface area contributed by atoms with Gasteiger partial charge in [0.15, 0.2) is 0 Å². The van der Waals surface area contributed by atoms with Crippen molar-refractivity contribution in [3.63, 3.8) is 0 Å². The Morgan fingerprint density at radius 2 is 2.30 bits per heavy atom. The topological polar surface area (TPSA) is 48.1 Å². The van der Waals surface area contributed by atoms with E-state index in [-0.39, 0.29) is 5.91 Å². The molecule has 1 fully saturated rings. The van der Waals surface area contributed by atoms with E-state index < -0.39 is 0 Å². The number of H-pyrrole nitrogens is 1. The summed E-state index contributed by atoms with van der Waals surface area (Å²) < 4.78 is 0. The molecule has 1 aliphatic heterocycles. The van der Waals surface area contributed by atoms with E-state index in [0.717, 1.165) is 25.9 Å². The maximum Gasteiger partial charge on any atom is 0.216 e. The van der Waals surface area contributed by atoms with Gasteiger partial charge in [-0.3, -0.25) is 4.79 Å². The number of rotatable bonds is 3. The Morgan fingerprint density at radius 3 is 3.13 bits per heavy atom. The maximum atomic E-state index is 11.1. The molecule has 1 unspecified atom stereocenters. The lowest BCUT2D eigenvalue weighted by Gasteiger charge is -2.45. The number of carbonyl (C=O) groups excluding carboxylic acids is 1. The fourth-order valence-electron chi connectivity index (χ4n) is 4.72. The molecular formula is C19H25N3O. The molecule has 2 aromatic rings. The molecule has 122 valence electrons. The van der Waals surface area contributed by atoms with Crippen LogP contribution in [0, 0.1) is 5.92 Å². The van der Waals surface area contributed by atoms with E-state index in [1.54, 1.807) is 6.92 Å². The number of likely N-dealkylation sites (N-methyl/N-ethyl adjacent to an activating group) is 1. The minimum atomic E-state index is 0.0754. The number of aromatic amines is 1. The zero-order valence-electron chi connectivity index (χ0n) is 13.9. The van der Waals surface area contributed by atoms with Gasteiger partial charge in [0, 0.05) is 49.1 Å². The summed E-state index contributed by atoms with van der Waals surface area (Å²) in [6.07, 6.45) is 5.65. The van der Waals surface area contributed by atoms with Gasteiger partial charge in [0.1, 0.15) is 0 Å². The number of hydrogen-bond donors (Lipinski definition) is 2. The number of fused-ring (bicyclic) bond motifs is 2. The summed E-state index contributed by atoms with van der Waals surface area (Å²) in [6, 6.07) is 7.30. The van der Waals surface area contributed by atoms with Crippen LogP contribution in [0.2, 0.25) is 0 Å². The third-order valence-electron chi connectivity index (χ3n) is 5.74. The largest absolute Gasteiger partial charge is 0.361 e. The number of aromatic nitrogens is 1. The van der Waals surface area contributed by atoms with Crippen LogP contribution in [-0.2, 0) is 11.2 Å². The maximum absolute atomic E-state index is 11.1. The van der Waals surface area contributed by atoms with E-state index in [4.69, 9.17) is 0 Å². The SMILES string of the molecule is CC(=O)NCC[C@@H]1CC2c3cccc4[nH]cc(c34)C[C@H]2N(C)C1. The first kappa shape index (κ1) is 14.8. The molecule has 4 nitrogen and oxygen atoms in total. The first-order chi connectivity index (χ1) is 11.1. The number of amides is 1. The van der Waals surface area contributed by atoms with Gasteiger partial charge in [0.05, 0.1) is 0 Å². The van der Waals surface area contributed by atoms with E-state index in [1.165, 1.54) is 28.5 Å². The lowest BCUT2D eigenvalue weighted by Crippen LogP contribution is -2.48. The molecule has 1 saturated heterocycles. The molecule has 1 aromatic carbocycles. The second kappa shape index (κ2) is 5.68. The third kappa shape index (κ3) is 2.55. The van der Waals surface area contributed by atoms with Crippen molar-refractivity contribution in [3.05, 3.63) is 35.5 Å². The van der Waals surface area contributed by atoms with Crippen molar-refractivity contribution >= 4 is 16.8 Å². The van der Waals surface area contributed by atoms with Gasteiger partial charge in [-0.05, 0) is 49.4 Å². The summed E-state index contributed by atoms with van der Waals surface area (Å²) >= 11 is 0. The first-order valence-electron chi connectivity index (χ1n) is 8.67. The minimum absolute atomic E-state index is 0.0754. The highest BCUT2D eigenvalue weighted by atomic mass is 16.1. The molecular weight excluding hydrogens is 286 g/mol. The molecule has 1 amide bonds. The zero-order valence-corrected chi connectivity index (χ0v) is 13.9. The predicted octanol–water partition coefficient (Wildman–Crippen LogP) is 2.65. The molecule has 1 aliphatic carbocycles. The number of piperidine rings is 1. The van der Waals surface area contributed by atoms with Gasteiger partial charge in [-0.2, -0.15) is 0 Å². The second-order valence-electron chi connectivity index (χ2n) is 7.27. The monoisotopic (exact) mass is 311 g/mol. The number of nitrogens with one attached hydrogen (secondary N) is 2. The Bertz CT molecular complexity index is 735. The van der Waals surface area contributed by atoms with Gasteiger partial charge in [-0.25, -0.2) is 0 Å². The third-order valence-corrected chi connectivity index (χ3v) is 5.74. The van der Waals surface area contributed by atoms with Crippen LogP contribution in [0.15, 0.2) is 24.4 Å². The lowest BCUT2D eigenvalue weighted by atomic mass is 9.72. The standard InChI is InChI=1S/C19H25N3O/c1-12(23)20-7-6-13-8-16-15-4-3-5-17-19(15)14(10-21-17)9-18(16)22(2)11-13/h3-5,10,13,16,18,21H,6-9,11H2,1-2H3,(H,20,23)/t13-,16?,18-/m1/s1. The Kier molecular flexibility index (Phi) is 3.64. The van der Waals surface area contributed by atoms with Crippen molar-refractivity contribution in [2.75, 3.05) is 20.1 Å². The van der Waals surface area contributed by atoms with Crippen molar-refractivity contribution in [1.29, 1.82) is 0 Å². The number of nitrogens with zero attached hydrogens (tertiary/aromatic N) is 1. The highest BCUT2D eigenvalue weighted by Crippen LogP contribution is 2.44. The summed E-state index contributed by atoms with van der Waals surface area (Å²) in [6.45, 7) is 3.53. The first-order valence-corrected chi connectivity index (χ1v) is 8.67. The molecule has 2 heterocycles. The Morgan fingerprint density at radius 1 is 1.43 bits per heavy atom. The molecule has 0 spiro atoms. The number of hydrogen-bond acceptors (Lipinski definition) is 2. The average Bonchev–Trinajstić information content (AvgIpc) is 2.93. The molecule has 2 N–H and O–H groups in total. The molecule has 1 aromatic heterocycles. The van der Waals surface area contributed by atoms with Crippen LogP contribution in [0.1, 0.15) is 36.8 Å². The van der Waals surface area contributed by atoms with Crippen LogP contribution >= 0.6 is 0 Å². The number of benzene rings is 1. The smallest absolute Gasteiger partial charge is 0.216 e. The van der Waals surface area contributed by atoms with Crippen LogP contribution in [0.5, 0.6) is 0 Å². The number of carbonyl (C=O) groups is 1. The van der Waals surface area contributed by atoms with Gasteiger partial charge in [0.25, 0.3) is 0 Å². The van der Waals surface area contributed by atoms with Crippen molar-refractivity contribution in [2.24, 2.45) is 5.92 Å². The zero-order chi connectivity index (χ0) is 16.0. The van der Waals surface area contributed by atoms with E-state index in [1.807, 2.05) is 0 Å². The number of likely N-dealkylation sites (tertiary alicyclic amines) is 1. The molecule has 2 aliphatic rings. The quantitative estimate of drug-likeness (QED) is 0.915. The van der Waals surface area contributed by atoms with Gasteiger partial charge < -0.3 is 15.2 Å². The van der Waals surface area contributed by atoms with E-state index in [2.05, 4.69) is 46.6 Å². The fraction of sp³-hybridized carbons (Fsp3) is 0.526. The minimum Gasteiger partial charge on any atom is -0.361 e. The molecule has 0 bridgehead atoms. The van der Waals surface area contributed by atoms with E-state index >= 15 is 0 Å². The van der Waals surface area contributed by atoms with Gasteiger partial charge in [-0.1, -0.05) is 12.1 Å². The van der Waals surface area contributed by atoms with Gasteiger partial charge in [-0.15, -0.1) is 0 Å². The van der Waals surface area contributed by atoms with Gasteiger partial charge in [0.2, 0.25) is 5.91 Å². The molecule has 4 rings (SSSR count). The van der Waals surface area contributed by atoms with E-state index in [0.29, 0.717) is 17.9 Å². The van der Waals surface area contributed by atoms with Crippen molar-refractivity contribution in [3.8, 4) is 0 Å². The normalized spacial score (nSPS) is 27.0. The Balaban J connectivity index is 1.59. The highest BCUT2D eigenvalue weighted by Gasteiger charge is 2.39. The van der Waals surface area contributed by atoms with Gasteiger partial charge >= 0.3 is 0 Å². The lowest BCUT2D eigenvalue weighted by molar-refractivity contribution is -0.119. The van der Waals surface area contributed by atoms with Crippen molar-refractivity contribution in [1.82, 2.24) is 15.2 Å².